The van der Waals surface area contributed by atoms with Crippen molar-refractivity contribution in [2.45, 2.75) is 37.8 Å². The quantitative estimate of drug-likeness (QED) is 0.651. The van der Waals surface area contributed by atoms with Gasteiger partial charge in [-0.3, -0.25) is 14.9 Å². The van der Waals surface area contributed by atoms with Gasteiger partial charge in [0, 0.05) is 34.3 Å². The highest BCUT2D eigenvalue weighted by molar-refractivity contribution is 9.10. The van der Waals surface area contributed by atoms with Crippen LogP contribution in [0.25, 0.3) is 0 Å². The van der Waals surface area contributed by atoms with E-state index in [4.69, 9.17) is 5.73 Å². The molecule has 0 aromatic heterocycles. The van der Waals surface area contributed by atoms with Crippen LogP contribution in [-0.4, -0.2) is 22.9 Å². The zero-order valence-electron chi connectivity index (χ0n) is 10.8. The van der Waals surface area contributed by atoms with E-state index in [1.165, 1.54) is 12.1 Å². The zero-order chi connectivity index (χ0) is 14.7. The Balaban J connectivity index is 2.07. The third-order valence-electron chi connectivity index (χ3n) is 3.46. The van der Waals surface area contributed by atoms with Crippen LogP contribution < -0.4 is 11.1 Å². The summed E-state index contributed by atoms with van der Waals surface area (Å²) >= 11 is 3.18. The lowest BCUT2D eigenvalue weighted by Crippen LogP contribution is -2.40. The van der Waals surface area contributed by atoms with Crippen LogP contribution in [-0.2, 0) is 0 Å². The van der Waals surface area contributed by atoms with Crippen LogP contribution in [0, 0.1) is 10.1 Å². The summed E-state index contributed by atoms with van der Waals surface area (Å²) in [4.78, 5) is 22.4. The van der Waals surface area contributed by atoms with Crippen LogP contribution in [0.15, 0.2) is 22.7 Å². The average molecular weight is 342 g/mol. The Morgan fingerprint density at radius 1 is 1.30 bits per heavy atom. The highest BCUT2D eigenvalue weighted by Gasteiger charge is 2.21. The van der Waals surface area contributed by atoms with Crippen molar-refractivity contribution in [2.24, 2.45) is 5.73 Å². The van der Waals surface area contributed by atoms with E-state index in [2.05, 4.69) is 21.2 Å². The van der Waals surface area contributed by atoms with Gasteiger partial charge in [0.2, 0.25) is 0 Å². The fraction of sp³-hybridized carbons (Fsp3) is 0.462. The number of carbonyl (C=O) groups excluding carboxylic acids is 1. The van der Waals surface area contributed by atoms with Crippen molar-refractivity contribution in [3.05, 3.63) is 38.3 Å². The van der Waals surface area contributed by atoms with Crippen molar-refractivity contribution in [3.8, 4) is 0 Å². The molecule has 1 amide bonds. The molecular weight excluding hydrogens is 326 g/mol. The third-order valence-corrected chi connectivity index (χ3v) is 3.92. The van der Waals surface area contributed by atoms with Gasteiger partial charge in [-0.2, -0.15) is 0 Å². The fourth-order valence-corrected chi connectivity index (χ4v) is 2.82. The van der Waals surface area contributed by atoms with E-state index in [9.17, 15) is 14.9 Å². The fourth-order valence-electron chi connectivity index (χ4n) is 2.34. The van der Waals surface area contributed by atoms with Crippen LogP contribution in [0.4, 0.5) is 5.69 Å². The molecule has 20 heavy (non-hydrogen) atoms. The number of nitrogens with two attached hydrogens (primary N) is 1. The van der Waals surface area contributed by atoms with Crippen molar-refractivity contribution < 1.29 is 9.72 Å². The van der Waals surface area contributed by atoms with E-state index in [0.717, 1.165) is 25.7 Å². The second-order valence-electron chi connectivity index (χ2n) is 5.04. The minimum absolute atomic E-state index is 0.0975. The molecule has 0 atom stereocenters. The Labute approximate surface area is 125 Å². The number of carbonyl (C=O) groups is 1. The van der Waals surface area contributed by atoms with Crippen molar-refractivity contribution in [3.63, 3.8) is 0 Å². The summed E-state index contributed by atoms with van der Waals surface area (Å²) in [6.07, 6.45) is 3.49. The van der Waals surface area contributed by atoms with E-state index >= 15 is 0 Å². The van der Waals surface area contributed by atoms with E-state index in [-0.39, 0.29) is 23.7 Å². The molecule has 0 unspecified atom stereocenters. The van der Waals surface area contributed by atoms with Crippen molar-refractivity contribution in [1.29, 1.82) is 0 Å². The van der Waals surface area contributed by atoms with Crippen LogP contribution in [0.2, 0.25) is 0 Å². The predicted octanol–water partition coefficient (Wildman–Crippen LogP) is 2.36. The minimum atomic E-state index is -0.513. The van der Waals surface area contributed by atoms with E-state index in [1.54, 1.807) is 6.07 Å². The molecule has 1 aromatic rings. The molecule has 1 saturated carbocycles. The molecule has 0 spiro atoms. The number of halogens is 1. The van der Waals surface area contributed by atoms with Gasteiger partial charge in [-0.05, 0) is 31.7 Å². The Morgan fingerprint density at radius 2 is 1.95 bits per heavy atom. The summed E-state index contributed by atoms with van der Waals surface area (Å²) in [5.41, 5.74) is 6.01. The van der Waals surface area contributed by atoms with Gasteiger partial charge in [0.25, 0.3) is 11.6 Å². The van der Waals surface area contributed by atoms with Crippen molar-refractivity contribution in [2.75, 3.05) is 0 Å². The molecule has 7 heteroatoms. The lowest BCUT2D eigenvalue weighted by atomic mass is 9.91. The Morgan fingerprint density at radius 3 is 2.55 bits per heavy atom. The normalized spacial score (nSPS) is 22.3. The number of nitro groups is 1. The third kappa shape index (κ3) is 3.77. The molecule has 6 nitrogen and oxygen atoms in total. The minimum Gasteiger partial charge on any atom is -0.349 e. The highest BCUT2D eigenvalue weighted by Crippen LogP contribution is 2.22. The topological polar surface area (TPSA) is 98.3 Å². The van der Waals surface area contributed by atoms with E-state index in [1.807, 2.05) is 0 Å². The van der Waals surface area contributed by atoms with Gasteiger partial charge in [-0.15, -0.1) is 0 Å². The summed E-state index contributed by atoms with van der Waals surface area (Å²) in [6, 6.07) is 4.55. The van der Waals surface area contributed by atoms with Gasteiger partial charge >= 0.3 is 0 Å². The summed E-state index contributed by atoms with van der Waals surface area (Å²) in [5, 5.41) is 13.7. The molecule has 0 saturated heterocycles. The Bertz CT molecular complexity index is 528. The molecule has 0 bridgehead atoms. The zero-order valence-corrected chi connectivity index (χ0v) is 12.4. The number of benzene rings is 1. The number of nitro benzene ring substituents is 1. The monoisotopic (exact) mass is 341 g/mol. The number of non-ortho nitro benzene ring substituents is 1. The van der Waals surface area contributed by atoms with Crippen molar-refractivity contribution >= 4 is 27.5 Å². The number of nitrogens with one attached hydrogen (secondary N) is 1. The predicted molar refractivity (Wildman–Crippen MR) is 78.5 cm³/mol. The molecule has 1 aliphatic carbocycles. The summed E-state index contributed by atoms with van der Waals surface area (Å²) < 4.78 is 0.516. The number of hydrogen-bond acceptors (Lipinski definition) is 4. The molecule has 108 valence electrons. The van der Waals surface area contributed by atoms with Crippen molar-refractivity contribution in [1.82, 2.24) is 5.32 Å². The largest absolute Gasteiger partial charge is 0.349 e. The number of nitrogens with zero attached hydrogens (tertiary/aromatic N) is 1. The molecule has 0 radical (unpaired) electrons. The van der Waals surface area contributed by atoms with E-state index in [0.29, 0.717) is 10.0 Å². The molecule has 0 heterocycles. The summed E-state index contributed by atoms with van der Waals surface area (Å²) in [6.45, 7) is 0. The average Bonchev–Trinajstić information content (AvgIpc) is 2.40. The van der Waals surface area contributed by atoms with Gasteiger partial charge in [-0.1, -0.05) is 15.9 Å². The maximum Gasteiger partial charge on any atom is 0.271 e. The second-order valence-corrected chi connectivity index (χ2v) is 5.96. The number of hydrogen-bond donors (Lipinski definition) is 2. The van der Waals surface area contributed by atoms with Crippen LogP contribution in [0.1, 0.15) is 36.0 Å². The van der Waals surface area contributed by atoms with Gasteiger partial charge in [0.1, 0.15) is 0 Å². The maximum absolute atomic E-state index is 12.1. The molecular formula is C13H16BrN3O3. The van der Waals surface area contributed by atoms with Gasteiger partial charge in [-0.25, -0.2) is 0 Å². The summed E-state index contributed by atoms with van der Waals surface area (Å²) in [7, 11) is 0. The SMILES string of the molecule is NC1CCC(NC(=O)c2cc(Br)cc([N+](=O)[O-])c2)CC1. The first-order valence-electron chi connectivity index (χ1n) is 6.47. The van der Waals surface area contributed by atoms with Crippen LogP contribution in [0.3, 0.4) is 0 Å². The summed E-state index contributed by atoms with van der Waals surface area (Å²) in [5.74, 6) is -0.283. The Kier molecular flexibility index (Phi) is 4.72. The maximum atomic E-state index is 12.1. The molecule has 0 aliphatic heterocycles. The highest BCUT2D eigenvalue weighted by atomic mass is 79.9. The lowest BCUT2D eigenvalue weighted by molar-refractivity contribution is -0.385. The first-order valence-corrected chi connectivity index (χ1v) is 7.26. The van der Waals surface area contributed by atoms with Crippen LogP contribution >= 0.6 is 15.9 Å². The standard InChI is InChI=1S/C13H16BrN3O3/c14-9-5-8(6-12(7-9)17(19)20)13(18)16-11-3-1-10(15)2-4-11/h5-7,10-11H,1-4,15H2,(H,16,18). The molecule has 1 aliphatic rings. The first-order chi connectivity index (χ1) is 9.45. The molecule has 3 N–H and O–H groups in total. The smallest absolute Gasteiger partial charge is 0.271 e. The second kappa shape index (κ2) is 6.32. The van der Waals surface area contributed by atoms with E-state index < -0.39 is 4.92 Å². The lowest BCUT2D eigenvalue weighted by Gasteiger charge is -2.26. The van der Waals surface area contributed by atoms with Gasteiger partial charge in [0.05, 0.1) is 4.92 Å². The number of amides is 1. The van der Waals surface area contributed by atoms with Gasteiger partial charge in [0.15, 0.2) is 0 Å². The van der Waals surface area contributed by atoms with Crippen LogP contribution in [0.5, 0.6) is 0 Å². The molecule has 1 aromatic carbocycles. The van der Waals surface area contributed by atoms with Gasteiger partial charge < -0.3 is 11.1 Å². The Hall–Kier alpha value is -1.47. The molecule has 1 fully saturated rings. The first kappa shape index (κ1) is 14.9. The molecule has 2 rings (SSSR count). The number of rotatable bonds is 3.